The van der Waals surface area contributed by atoms with Crippen molar-refractivity contribution in [1.29, 1.82) is 0 Å². The number of ether oxygens (including phenoxy) is 1. The first kappa shape index (κ1) is 14.1. The first-order valence-electron chi connectivity index (χ1n) is 6.54. The maximum atomic E-state index is 12.0. The summed E-state index contributed by atoms with van der Waals surface area (Å²) in [7, 11) is 1.81. The topological polar surface area (TPSA) is 56.1 Å². The molecule has 1 N–H and O–H groups in total. The summed E-state index contributed by atoms with van der Waals surface area (Å²) in [5, 5.41) is 6.95. The van der Waals surface area contributed by atoms with Crippen molar-refractivity contribution in [2.24, 2.45) is 7.05 Å². The summed E-state index contributed by atoms with van der Waals surface area (Å²) in [6.07, 6.45) is 0.131. The third-order valence-electron chi connectivity index (χ3n) is 2.83. The Bertz CT molecular complexity index is 581. The molecule has 2 aromatic rings. The van der Waals surface area contributed by atoms with Crippen LogP contribution >= 0.6 is 0 Å². The first-order chi connectivity index (χ1) is 9.45. The van der Waals surface area contributed by atoms with E-state index in [0.29, 0.717) is 5.69 Å². The van der Waals surface area contributed by atoms with E-state index < -0.39 is 0 Å². The molecule has 0 aliphatic heterocycles. The van der Waals surface area contributed by atoms with Crippen LogP contribution in [-0.2, 0) is 7.05 Å². The lowest BCUT2D eigenvalue weighted by atomic mass is 10.3. The average Bonchev–Trinajstić information content (AvgIpc) is 2.71. The summed E-state index contributed by atoms with van der Waals surface area (Å²) < 4.78 is 7.22. The number of carbonyl (C=O) groups excluding carboxylic acids is 1. The second-order valence-electron chi connectivity index (χ2n) is 4.94. The van der Waals surface area contributed by atoms with E-state index in [0.717, 1.165) is 17.1 Å². The molecule has 20 heavy (non-hydrogen) atoms. The predicted molar refractivity (Wildman–Crippen MR) is 78.1 cm³/mol. The van der Waals surface area contributed by atoms with Gasteiger partial charge in [0.05, 0.1) is 6.10 Å². The summed E-state index contributed by atoms with van der Waals surface area (Å²) >= 11 is 0. The number of nitrogens with one attached hydrogen (secondary N) is 1. The number of aryl methyl sites for hydroxylation is 2. The van der Waals surface area contributed by atoms with E-state index in [1.165, 1.54) is 0 Å². The zero-order chi connectivity index (χ0) is 14.7. The lowest BCUT2D eigenvalue weighted by Crippen LogP contribution is -2.13. The summed E-state index contributed by atoms with van der Waals surface area (Å²) in [4.78, 5) is 12.0. The van der Waals surface area contributed by atoms with Gasteiger partial charge in [0, 0.05) is 18.4 Å². The summed E-state index contributed by atoms with van der Waals surface area (Å²) in [6.45, 7) is 5.85. The zero-order valence-corrected chi connectivity index (χ0v) is 12.2. The highest BCUT2D eigenvalue weighted by Gasteiger charge is 2.11. The largest absolute Gasteiger partial charge is 0.491 e. The van der Waals surface area contributed by atoms with Gasteiger partial charge in [0.1, 0.15) is 5.75 Å². The van der Waals surface area contributed by atoms with Crippen molar-refractivity contribution in [3.8, 4) is 5.75 Å². The summed E-state index contributed by atoms with van der Waals surface area (Å²) in [5.41, 5.74) is 2.07. The molecule has 0 fully saturated rings. The van der Waals surface area contributed by atoms with E-state index in [1.807, 2.05) is 52.1 Å². The van der Waals surface area contributed by atoms with Crippen LogP contribution in [0.25, 0.3) is 0 Å². The molecule has 0 unspecified atom stereocenters. The molecule has 0 aliphatic rings. The number of rotatable bonds is 4. The maximum Gasteiger partial charge on any atom is 0.276 e. The Morgan fingerprint density at radius 2 is 1.95 bits per heavy atom. The van der Waals surface area contributed by atoms with Gasteiger partial charge in [0.25, 0.3) is 5.91 Å². The van der Waals surface area contributed by atoms with Gasteiger partial charge in [-0.05, 0) is 51.1 Å². The molecule has 0 radical (unpaired) electrons. The van der Waals surface area contributed by atoms with Crippen molar-refractivity contribution in [3.63, 3.8) is 0 Å². The highest BCUT2D eigenvalue weighted by atomic mass is 16.5. The molecule has 0 saturated heterocycles. The highest BCUT2D eigenvalue weighted by Crippen LogP contribution is 2.17. The molecule has 5 heteroatoms. The normalized spacial score (nSPS) is 10.7. The monoisotopic (exact) mass is 273 g/mol. The van der Waals surface area contributed by atoms with E-state index in [4.69, 9.17) is 4.74 Å². The molecule has 1 amide bonds. The average molecular weight is 273 g/mol. The van der Waals surface area contributed by atoms with Gasteiger partial charge in [-0.1, -0.05) is 0 Å². The van der Waals surface area contributed by atoms with Crippen molar-refractivity contribution in [1.82, 2.24) is 9.78 Å². The Labute approximate surface area is 118 Å². The van der Waals surface area contributed by atoms with E-state index >= 15 is 0 Å². The van der Waals surface area contributed by atoms with E-state index in [1.54, 1.807) is 10.7 Å². The van der Waals surface area contributed by atoms with Crippen LogP contribution in [0.3, 0.4) is 0 Å². The highest BCUT2D eigenvalue weighted by molar-refractivity contribution is 6.02. The lowest BCUT2D eigenvalue weighted by Gasteiger charge is -2.10. The fraction of sp³-hybridized carbons (Fsp3) is 0.333. The number of hydrogen-bond donors (Lipinski definition) is 1. The van der Waals surface area contributed by atoms with Crippen molar-refractivity contribution >= 4 is 11.6 Å². The Balaban J connectivity index is 2.04. The molecule has 1 aromatic heterocycles. The number of benzene rings is 1. The molecule has 0 aliphatic carbocycles. The quantitative estimate of drug-likeness (QED) is 0.932. The van der Waals surface area contributed by atoms with Crippen LogP contribution < -0.4 is 10.1 Å². The lowest BCUT2D eigenvalue weighted by molar-refractivity contribution is 0.102. The molecule has 0 saturated carbocycles. The van der Waals surface area contributed by atoms with Crippen LogP contribution in [0, 0.1) is 6.92 Å². The number of aromatic nitrogens is 2. The van der Waals surface area contributed by atoms with Crippen LogP contribution in [0.4, 0.5) is 5.69 Å². The van der Waals surface area contributed by atoms with E-state index in [9.17, 15) is 4.79 Å². The minimum Gasteiger partial charge on any atom is -0.491 e. The van der Waals surface area contributed by atoms with Gasteiger partial charge >= 0.3 is 0 Å². The predicted octanol–water partition coefficient (Wildman–Crippen LogP) is 2.77. The molecular weight excluding hydrogens is 254 g/mol. The van der Waals surface area contributed by atoms with Crippen molar-refractivity contribution < 1.29 is 9.53 Å². The second-order valence-corrected chi connectivity index (χ2v) is 4.94. The van der Waals surface area contributed by atoms with Gasteiger partial charge in [0.15, 0.2) is 5.69 Å². The number of nitrogens with zero attached hydrogens (tertiary/aromatic N) is 2. The Hall–Kier alpha value is -2.30. The van der Waals surface area contributed by atoms with Crippen LogP contribution in [0.5, 0.6) is 5.75 Å². The Morgan fingerprint density at radius 1 is 1.30 bits per heavy atom. The third-order valence-corrected chi connectivity index (χ3v) is 2.83. The first-order valence-corrected chi connectivity index (χ1v) is 6.54. The van der Waals surface area contributed by atoms with Gasteiger partial charge < -0.3 is 10.1 Å². The van der Waals surface area contributed by atoms with Gasteiger partial charge in [-0.3, -0.25) is 9.48 Å². The van der Waals surface area contributed by atoms with Gasteiger partial charge in [-0.25, -0.2) is 0 Å². The number of amides is 1. The molecule has 1 heterocycles. The number of anilines is 1. The smallest absolute Gasteiger partial charge is 0.276 e. The SMILES string of the molecule is Cc1cc(C(=O)Nc2ccc(OC(C)C)cc2)nn1C. The number of carbonyl (C=O) groups is 1. The molecule has 5 nitrogen and oxygen atoms in total. The molecule has 0 spiro atoms. The maximum absolute atomic E-state index is 12.0. The van der Waals surface area contributed by atoms with Crippen LogP contribution in [0.1, 0.15) is 30.0 Å². The molecule has 2 rings (SSSR count). The molecular formula is C15H19N3O2. The minimum atomic E-state index is -0.216. The van der Waals surface area contributed by atoms with Crippen LogP contribution in [-0.4, -0.2) is 21.8 Å². The molecule has 106 valence electrons. The van der Waals surface area contributed by atoms with Gasteiger partial charge in [0.2, 0.25) is 0 Å². The third kappa shape index (κ3) is 3.38. The van der Waals surface area contributed by atoms with Crippen LogP contribution in [0.15, 0.2) is 30.3 Å². The zero-order valence-electron chi connectivity index (χ0n) is 12.2. The Morgan fingerprint density at radius 3 is 2.45 bits per heavy atom. The van der Waals surface area contributed by atoms with Crippen molar-refractivity contribution in [2.75, 3.05) is 5.32 Å². The fourth-order valence-corrected chi connectivity index (χ4v) is 1.76. The van der Waals surface area contributed by atoms with Crippen molar-refractivity contribution in [3.05, 3.63) is 41.7 Å². The van der Waals surface area contributed by atoms with Gasteiger partial charge in [-0.2, -0.15) is 5.10 Å². The Kier molecular flexibility index (Phi) is 4.08. The molecule has 1 aromatic carbocycles. The minimum absolute atomic E-state index is 0.131. The fourth-order valence-electron chi connectivity index (χ4n) is 1.76. The van der Waals surface area contributed by atoms with E-state index in [-0.39, 0.29) is 12.0 Å². The molecule has 0 atom stereocenters. The second kappa shape index (κ2) is 5.77. The molecule has 0 bridgehead atoms. The summed E-state index contributed by atoms with van der Waals surface area (Å²) in [6, 6.07) is 9.04. The number of hydrogen-bond acceptors (Lipinski definition) is 3. The van der Waals surface area contributed by atoms with E-state index in [2.05, 4.69) is 10.4 Å². The van der Waals surface area contributed by atoms with Crippen molar-refractivity contribution in [2.45, 2.75) is 26.9 Å². The summed E-state index contributed by atoms with van der Waals surface area (Å²) in [5.74, 6) is 0.568. The van der Waals surface area contributed by atoms with Gasteiger partial charge in [-0.15, -0.1) is 0 Å². The standard InChI is InChI=1S/C15H19N3O2/c1-10(2)20-13-7-5-12(6-8-13)16-15(19)14-9-11(3)18(4)17-14/h5-10H,1-4H3,(H,16,19). The van der Waals surface area contributed by atoms with Crippen LogP contribution in [0.2, 0.25) is 0 Å².